The summed E-state index contributed by atoms with van der Waals surface area (Å²) < 4.78 is 6.92. The number of benzene rings is 1. The van der Waals surface area contributed by atoms with Crippen LogP contribution in [0.15, 0.2) is 16.6 Å². The average molecular weight is 327 g/mol. The van der Waals surface area contributed by atoms with Crippen molar-refractivity contribution in [3.8, 4) is 5.75 Å². The van der Waals surface area contributed by atoms with Gasteiger partial charge in [-0.1, -0.05) is 22.4 Å². The van der Waals surface area contributed by atoms with E-state index in [1.54, 1.807) is 0 Å². The zero-order valence-electron chi connectivity index (χ0n) is 11.6. The second-order valence-corrected chi connectivity index (χ2v) is 6.15. The van der Waals surface area contributed by atoms with Crippen molar-refractivity contribution in [1.82, 2.24) is 4.90 Å². The van der Waals surface area contributed by atoms with Gasteiger partial charge in [0.15, 0.2) is 0 Å². The highest BCUT2D eigenvalue weighted by atomic mass is 79.9. The minimum absolute atomic E-state index is 0.802. The Morgan fingerprint density at radius 1 is 1.32 bits per heavy atom. The number of nitrogens with zero attached hydrogens (tertiary/aromatic N) is 1. The topological polar surface area (TPSA) is 38.5 Å². The van der Waals surface area contributed by atoms with Gasteiger partial charge in [-0.05, 0) is 50.7 Å². The van der Waals surface area contributed by atoms with Gasteiger partial charge >= 0.3 is 0 Å². The Morgan fingerprint density at radius 3 is 2.95 bits per heavy atom. The highest BCUT2D eigenvalue weighted by Crippen LogP contribution is 2.33. The van der Waals surface area contributed by atoms with E-state index in [-0.39, 0.29) is 0 Å². The van der Waals surface area contributed by atoms with E-state index < -0.39 is 0 Å². The molecule has 1 aliphatic rings. The summed E-state index contributed by atoms with van der Waals surface area (Å²) in [7, 11) is 2.17. The molecule has 0 unspecified atom stereocenters. The van der Waals surface area contributed by atoms with Crippen LogP contribution in [-0.4, -0.2) is 31.6 Å². The van der Waals surface area contributed by atoms with Crippen LogP contribution in [0.2, 0.25) is 0 Å². The van der Waals surface area contributed by atoms with Gasteiger partial charge < -0.3 is 15.4 Å². The number of hydrogen-bond acceptors (Lipinski definition) is 3. The van der Waals surface area contributed by atoms with Crippen LogP contribution < -0.4 is 10.5 Å². The van der Waals surface area contributed by atoms with Gasteiger partial charge in [0.1, 0.15) is 5.75 Å². The van der Waals surface area contributed by atoms with E-state index in [4.69, 9.17) is 10.5 Å². The van der Waals surface area contributed by atoms with E-state index in [1.807, 2.05) is 0 Å². The van der Waals surface area contributed by atoms with Crippen molar-refractivity contribution in [2.24, 2.45) is 5.73 Å². The maximum Gasteiger partial charge on any atom is 0.127 e. The summed E-state index contributed by atoms with van der Waals surface area (Å²) in [4.78, 5) is 2.36. The Balaban J connectivity index is 1.92. The first kappa shape index (κ1) is 14.8. The molecule has 19 heavy (non-hydrogen) atoms. The molecule has 0 amide bonds. The van der Waals surface area contributed by atoms with E-state index in [2.05, 4.69) is 40.0 Å². The molecule has 106 valence electrons. The molecule has 1 heterocycles. The maximum atomic E-state index is 5.76. The molecule has 0 bridgehead atoms. The molecule has 3 nitrogen and oxygen atoms in total. The summed E-state index contributed by atoms with van der Waals surface area (Å²) in [6.07, 6.45) is 4.59. The first-order chi connectivity index (χ1) is 9.20. The second-order valence-electron chi connectivity index (χ2n) is 5.24. The fourth-order valence-electron chi connectivity index (χ4n) is 2.54. The van der Waals surface area contributed by atoms with Crippen molar-refractivity contribution in [2.75, 3.05) is 26.7 Å². The summed E-state index contributed by atoms with van der Waals surface area (Å²) in [5.41, 5.74) is 8.14. The van der Waals surface area contributed by atoms with Crippen LogP contribution in [0.1, 0.15) is 30.4 Å². The van der Waals surface area contributed by atoms with Crippen LogP contribution in [0.3, 0.4) is 0 Å². The van der Waals surface area contributed by atoms with Crippen molar-refractivity contribution in [3.63, 3.8) is 0 Å². The molecule has 0 saturated carbocycles. The van der Waals surface area contributed by atoms with Gasteiger partial charge in [-0.2, -0.15) is 0 Å². The third-order valence-electron chi connectivity index (χ3n) is 3.51. The molecule has 0 fully saturated rings. The zero-order valence-corrected chi connectivity index (χ0v) is 13.2. The summed E-state index contributed by atoms with van der Waals surface area (Å²) in [5, 5.41) is 0. The summed E-state index contributed by atoms with van der Waals surface area (Å²) >= 11 is 3.59. The van der Waals surface area contributed by atoms with Gasteiger partial charge in [-0.15, -0.1) is 0 Å². The van der Waals surface area contributed by atoms with Crippen molar-refractivity contribution in [2.45, 2.75) is 32.2 Å². The molecule has 0 aromatic heterocycles. The fourth-order valence-corrected chi connectivity index (χ4v) is 3.09. The van der Waals surface area contributed by atoms with Gasteiger partial charge in [0.05, 0.1) is 6.61 Å². The van der Waals surface area contributed by atoms with E-state index in [0.717, 1.165) is 49.3 Å². The van der Waals surface area contributed by atoms with E-state index in [0.29, 0.717) is 0 Å². The van der Waals surface area contributed by atoms with Crippen LogP contribution in [0, 0.1) is 0 Å². The molecule has 4 heteroatoms. The van der Waals surface area contributed by atoms with Crippen LogP contribution in [0.5, 0.6) is 5.75 Å². The minimum Gasteiger partial charge on any atom is -0.493 e. The molecule has 1 aromatic carbocycles. The second kappa shape index (κ2) is 7.27. The summed E-state index contributed by atoms with van der Waals surface area (Å²) in [6, 6.07) is 4.35. The molecule has 1 aliphatic heterocycles. The predicted molar refractivity (Wildman–Crippen MR) is 82.6 cm³/mol. The number of hydrogen-bond donors (Lipinski definition) is 1. The molecule has 0 radical (unpaired) electrons. The number of unbranched alkanes of at least 4 members (excludes halogenated alkanes) is 2. The maximum absolute atomic E-state index is 5.76. The SMILES string of the molecule is CN(CCCCCN)Cc1cc(Br)cc2c1OCC2. The van der Waals surface area contributed by atoms with Gasteiger partial charge in [0.25, 0.3) is 0 Å². The third kappa shape index (κ3) is 4.20. The first-order valence-electron chi connectivity index (χ1n) is 7.03. The number of rotatable bonds is 7. The quantitative estimate of drug-likeness (QED) is 0.783. The molecule has 2 rings (SSSR count). The standard InChI is InChI=1S/C15H23BrN2O/c1-18(7-4-2-3-6-17)11-13-10-14(16)9-12-5-8-19-15(12)13/h9-10H,2-8,11,17H2,1H3. The lowest BCUT2D eigenvalue weighted by molar-refractivity contribution is 0.304. The number of nitrogens with two attached hydrogens (primary N) is 1. The zero-order chi connectivity index (χ0) is 13.7. The van der Waals surface area contributed by atoms with Crippen LogP contribution in [0.25, 0.3) is 0 Å². The van der Waals surface area contributed by atoms with E-state index in [1.165, 1.54) is 24.0 Å². The molecule has 0 aliphatic carbocycles. The van der Waals surface area contributed by atoms with Crippen LogP contribution >= 0.6 is 15.9 Å². The molecule has 2 N–H and O–H groups in total. The number of halogens is 1. The molecule has 0 spiro atoms. The lowest BCUT2D eigenvalue weighted by Crippen LogP contribution is -2.19. The van der Waals surface area contributed by atoms with Gasteiger partial charge in [0, 0.05) is 23.0 Å². The average Bonchev–Trinajstić information content (AvgIpc) is 2.82. The largest absolute Gasteiger partial charge is 0.493 e. The summed E-state index contributed by atoms with van der Waals surface area (Å²) in [5.74, 6) is 1.11. The Morgan fingerprint density at radius 2 is 2.16 bits per heavy atom. The summed E-state index contributed by atoms with van der Waals surface area (Å²) in [6.45, 7) is 3.68. The fraction of sp³-hybridized carbons (Fsp3) is 0.600. The minimum atomic E-state index is 0.802. The normalized spacial score (nSPS) is 13.7. The van der Waals surface area contributed by atoms with Crippen molar-refractivity contribution >= 4 is 15.9 Å². The Kier molecular flexibility index (Phi) is 5.67. The predicted octanol–water partition coefficient (Wildman–Crippen LogP) is 2.94. The molecular formula is C15H23BrN2O. The smallest absolute Gasteiger partial charge is 0.127 e. The molecule has 0 atom stereocenters. The van der Waals surface area contributed by atoms with Crippen molar-refractivity contribution < 1.29 is 4.74 Å². The monoisotopic (exact) mass is 326 g/mol. The third-order valence-corrected chi connectivity index (χ3v) is 3.97. The Hall–Kier alpha value is -0.580. The highest BCUT2D eigenvalue weighted by molar-refractivity contribution is 9.10. The van der Waals surface area contributed by atoms with Gasteiger partial charge in [-0.25, -0.2) is 0 Å². The molecule has 1 aromatic rings. The van der Waals surface area contributed by atoms with Gasteiger partial charge in [0.2, 0.25) is 0 Å². The lowest BCUT2D eigenvalue weighted by atomic mass is 10.1. The Bertz CT molecular complexity index is 423. The van der Waals surface area contributed by atoms with E-state index >= 15 is 0 Å². The highest BCUT2D eigenvalue weighted by Gasteiger charge is 2.18. The first-order valence-corrected chi connectivity index (χ1v) is 7.82. The van der Waals surface area contributed by atoms with Crippen LogP contribution in [-0.2, 0) is 13.0 Å². The van der Waals surface area contributed by atoms with Crippen LogP contribution in [0.4, 0.5) is 0 Å². The lowest BCUT2D eigenvalue weighted by Gasteiger charge is -2.18. The van der Waals surface area contributed by atoms with Crippen molar-refractivity contribution in [1.29, 1.82) is 0 Å². The Labute approximate surface area is 124 Å². The van der Waals surface area contributed by atoms with Gasteiger partial charge in [-0.3, -0.25) is 0 Å². The number of fused-ring (bicyclic) bond motifs is 1. The molecule has 0 saturated heterocycles. The number of ether oxygens (including phenoxy) is 1. The molecular weight excluding hydrogens is 304 g/mol. The van der Waals surface area contributed by atoms with E-state index in [9.17, 15) is 0 Å². The van der Waals surface area contributed by atoms with Crippen molar-refractivity contribution in [3.05, 3.63) is 27.7 Å².